The number of carbonyl (C=O) groups is 2. The zero-order valence-corrected chi connectivity index (χ0v) is 23.2. The minimum Gasteiger partial charge on any atom is -0.496 e. The van der Waals surface area contributed by atoms with Crippen LogP contribution in [-0.2, 0) is 16.0 Å². The molecule has 0 saturated carbocycles. The minimum atomic E-state index is -1.10. The predicted molar refractivity (Wildman–Crippen MR) is 150 cm³/mol. The van der Waals surface area contributed by atoms with Gasteiger partial charge in [-0.1, -0.05) is 35.3 Å². The summed E-state index contributed by atoms with van der Waals surface area (Å²) in [5, 5.41) is 14.3. The van der Waals surface area contributed by atoms with Gasteiger partial charge in [0.05, 0.1) is 36.1 Å². The maximum atomic E-state index is 12.9. The Morgan fingerprint density at radius 1 is 1.18 bits per heavy atom. The summed E-state index contributed by atoms with van der Waals surface area (Å²) >= 11 is 13.8. The van der Waals surface area contributed by atoms with Crippen LogP contribution < -0.4 is 10.1 Å². The smallest absolute Gasteiger partial charge is 0.331 e. The van der Waals surface area contributed by atoms with Gasteiger partial charge in [0.1, 0.15) is 5.75 Å². The van der Waals surface area contributed by atoms with E-state index in [0.29, 0.717) is 54.6 Å². The molecule has 1 heterocycles. The van der Waals surface area contributed by atoms with Crippen LogP contribution in [0.15, 0.2) is 41.3 Å². The summed E-state index contributed by atoms with van der Waals surface area (Å²) in [5.41, 5.74) is 2.93. The lowest BCUT2D eigenvalue weighted by molar-refractivity contribution is -0.132. The lowest BCUT2D eigenvalue weighted by atomic mass is 10.0. The van der Waals surface area contributed by atoms with E-state index in [1.165, 1.54) is 36.5 Å². The number of aliphatic carboxylic acids is 1. The summed E-state index contributed by atoms with van der Waals surface area (Å²) in [4.78, 5) is 28.5. The molecule has 2 N–H and O–H groups in total. The first-order valence-electron chi connectivity index (χ1n) is 11.7. The monoisotopic (exact) mass is 580 g/mol. The van der Waals surface area contributed by atoms with Crippen molar-refractivity contribution in [2.24, 2.45) is 0 Å². The van der Waals surface area contributed by atoms with Crippen molar-refractivity contribution in [3.63, 3.8) is 0 Å². The van der Waals surface area contributed by atoms with Gasteiger partial charge in [0.2, 0.25) is 0 Å². The van der Waals surface area contributed by atoms with Gasteiger partial charge in [-0.05, 0) is 56.0 Å². The standard InChI is InChI=1S/C27H27Cl2FN2O5S/c1-16(26(34)35)12-20-21(28)13-18(14-22(20)29)25(33)32-27-31-23(15-38-27)19-7-5-6-17(24(19)36-2)8-11-37-10-4-3-9-30/h5-7,12-15H,3-4,8-11H2,1-2H3,(H,34,35)(H,31,32,33)/b16-12+. The quantitative estimate of drug-likeness (QED) is 0.164. The molecule has 7 nitrogen and oxygen atoms in total. The van der Waals surface area contributed by atoms with Crippen molar-refractivity contribution in [3.8, 4) is 17.0 Å². The van der Waals surface area contributed by atoms with Crippen LogP contribution in [0.5, 0.6) is 5.75 Å². The van der Waals surface area contributed by atoms with Crippen LogP contribution in [0, 0.1) is 0 Å². The average Bonchev–Trinajstić information content (AvgIpc) is 3.35. The van der Waals surface area contributed by atoms with E-state index >= 15 is 0 Å². The van der Waals surface area contributed by atoms with Crippen LogP contribution >= 0.6 is 34.5 Å². The number of benzene rings is 2. The summed E-state index contributed by atoms with van der Waals surface area (Å²) < 4.78 is 23.5. The summed E-state index contributed by atoms with van der Waals surface area (Å²) in [6, 6.07) is 8.58. The normalized spacial score (nSPS) is 11.4. The molecule has 3 rings (SSSR count). The number of unbranched alkanes of at least 4 members (excludes halogenated alkanes) is 1. The van der Waals surface area contributed by atoms with Crippen LogP contribution in [0.3, 0.4) is 0 Å². The number of nitrogens with zero attached hydrogens (tertiary/aromatic N) is 1. The van der Waals surface area contributed by atoms with Gasteiger partial charge in [0.25, 0.3) is 5.91 Å². The highest BCUT2D eigenvalue weighted by molar-refractivity contribution is 7.14. The van der Waals surface area contributed by atoms with Gasteiger partial charge >= 0.3 is 5.97 Å². The number of halogens is 3. The molecule has 0 fully saturated rings. The Kier molecular flexibility index (Phi) is 11.1. The van der Waals surface area contributed by atoms with Crippen molar-refractivity contribution in [1.82, 2.24) is 4.98 Å². The van der Waals surface area contributed by atoms with Crippen LogP contribution in [-0.4, -0.2) is 49.0 Å². The SMILES string of the molecule is COc1c(CCOCCCCF)cccc1-c1csc(NC(=O)c2cc(Cl)c(/C=C(\C)C(=O)O)c(Cl)c2)n1. The number of alkyl halides is 1. The zero-order chi connectivity index (χ0) is 27.7. The Morgan fingerprint density at radius 3 is 2.58 bits per heavy atom. The summed E-state index contributed by atoms with van der Waals surface area (Å²) in [7, 11) is 1.59. The molecular formula is C27H27Cl2FN2O5S. The number of nitrogens with one attached hydrogen (secondary N) is 1. The first-order valence-corrected chi connectivity index (χ1v) is 13.4. The Hall–Kier alpha value is -2.98. The Morgan fingerprint density at radius 2 is 1.92 bits per heavy atom. The number of amides is 1. The van der Waals surface area contributed by atoms with E-state index in [-0.39, 0.29) is 27.9 Å². The zero-order valence-electron chi connectivity index (χ0n) is 20.9. The number of anilines is 1. The van der Waals surface area contributed by atoms with Crippen molar-refractivity contribution in [2.75, 3.05) is 32.3 Å². The number of rotatable bonds is 13. The van der Waals surface area contributed by atoms with E-state index < -0.39 is 11.9 Å². The molecule has 0 aliphatic carbocycles. The summed E-state index contributed by atoms with van der Waals surface area (Å²) in [6.45, 7) is 2.08. The molecule has 202 valence electrons. The molecule has 0 unspecified atom stereocenters. The molecule has 1 amide bonds. The van der Waals surface area contributed by atoms with Crippen molar-refractivity contribution >= 4 is 57.6 Å². The van der Waals surface area contributed by atoms with Crippen molar-refractivity contribution in [3.05, 3.63) is 68.0 Å². The number of methoxy groups -OCH3 is 1. The van der Waals surface area contributed by atoms with Crippen LogP contribution in [0.1, 0.15) is 41.3 Å². The second-order valence-corrected chi connectivity index (χ2v) is 9.91. The number of hydrogen-bond acceptors (Lipinski definition) is 6. The molecule has 38 heavy (non-hydrogen) atoms. The summed E-state index contributed by atoms with van der Waals surface area (Å²) in [6.07, 6.45) is 3.16. The molecule has 0 bridgehead atoms. The molecule has 0 radical (unpaired) electrons. The second-order valence-electron chi connectivity index (χ2n) is 8.23. The van der Waals surface area contributed by atoms with Crippen molar-refractivity contribution in [1.29, 1.82) is 0 Å². The van der Waals surface area contributed by atoms with Gasteiger partial charge in [-0.25, -0.2) is 9.78 Å². The molecular weight excluding hydrogens is 554 g/mol. The third-order valence-electron chi connectivity index (χ3n) is 5.53. The van der Waals surface area contributed by atoms with E-state index in [2.05, 4.69) is 10.3 Å². The van der Waals surface area contributed by atoms with Gasteiger partial charge < -0.3 is 14.6 Å². The lowest BCUT2D eigenvalue weighted by Crippen LogP contribution is -2.12. The predicted octanol–water partition coefficient (Wildman–Crippen LogP) is 7.17. The number of hydrogen-bond donors (Lipinski definition) is 2. The van der Waals surface area contributed by atoms with Gasteiger partial charge in [0, 0.05) is 34.3 Å². The van der Waals surface area contributed by atoms with E-state index in [9.17, 15) is 14.0 Å². The number of thiazole rings is 1. The van der Waals surface area contributed by atoms with Gasteiger partial charge in [-0.15, -0.1) is 11.3 Å². The number of ether oxygens (including phenoxy) is 2. The van der Waals surface area contributed by atoms with Crippen LogP contribution in [0.2, 0.25) is 10.0 Å². The number of aromatic nitrogens is 1. The topological polar surface area (TPSA) is 97.8 Å². The van der Waals surface area contributed by atoms with Crippen molar-refractivity contribution < 1.29 is 28.6 Å². The Bertz CT molecular complexity index is 1310. The molecule has 0 atom stereocenters. The van der Waals surface area contributed by atoms with Crippen LogP contribution in [0.25, 0.3) is 17.3 Å². The lowest BCUT2D eigenvalue weighted by Gasteiger charge is -2.12. The highest BCUT2D eigenvalue weighted by atomic mass is 35.5. The maximum Gasteiger partial charge on any atom is 0.331 e. The Labute approximate surface area is 234 Å². The molecule has 2 aromatic carbocycles. The van der Waals surface area contributed by atoms with E-state index in [1.54, 1.807) is 7.11 Å². The van der Waals surface area contributed by atoms with Gasteiger partial charge in [-0.2, -0.15) is 0 Å². The fourth-order valence-corrected chi connectivity index (χ4v) is 4.86. The minimum absolute atomic E-state index is 0.0573. The van der Waals surface area contributed by atoms with Crippen molar-refractivity contribution in [2.45, 2.75) is 26.2 Å². The van der Waals surface area contributed by atoms with Crippen LogP contribution in [0.4, 0.5) is 9.52 Å². The number of carbonyl (C=O) groups excluding carboxylic acids is 1. The first kappa shape index (κ1) is 29.6. The molecule has 11 heteroatoms. The number of carboxylic acid groups (broad SMARTS) is 1. The third kappa shape index (κ3) is 7.77. The highest BCUT2D eigenvalue weighted by Gasteiger charge is 2.17. The Balaban J connectivity index is 1.73. The average molecular weight is 581 g/mol. The molecule has 1 aromatic heterocycles. The van der Waals surface area contributed by atoms with Gasteiger partial charge in [-0.3, -0.25) is 14.5 Å². The molecule has 0 spiro atoms. The van der Waals surface area contributed by atoms with E-state index in [4.69, 9.17) is 37.8 Å². The first-order chi connectivity index (χ1) is 18.2. The largest absolute Gasteiger partial charge is 0.496 e. The number of carboxylic acids is 1. The second kappa shape index (κ2) is 14.2. The molecule has 0 aliphatic heterocycles. The van der Waals surface area contributed by atoms with Gasteiger partial charge in [0.15, 0.2) is 5.13 Å². The highest BCUT2D eigenvalue weighted by Crippen LogP contribution is 2.35. The number of para-hydroxylation sites is 1. The maximum absolute atomic E-state index is 12.9. The van der Waals surface area contributed by atoms with E-state index in [0.717, 1.165) is 11.1 Å². The third-order valence-corrected chi connectivity index (χ3v) is 6.91. The molecule has 0 saturated heterocycles. The molecule has 3 aromatic rings. The fraction of sp³-hybridized carbons (Fsp3) is 0.296. The summed E-state index contributed by atoms with van der Waals surface area (Å²) in [5.74, 6) is -0.896. The molecule has 0 aliphatic rings. The van der Waals surface area contributed by atoms with E-state index in [1.807, 2.05) is 23.6 Å². The fourth-order valence-electron chi connectivity index (χ4n) is 3.56.